The standard InChI is InChI=1S/C10H11BrN2O4S/c1-3-7(10(14)15)18-9-8(11)5(2)6(4-12-9)13(16)17/h4,7H,3H2,1-2H3,(H,14,15). The van der Waals surface area contributed by atoms with Crippen molar-refractivity contribution in [2.24, 2.45) is 0 Å². The van der Waals surface area contributed by atoms with Gasteiger partial charge in [-0.15, -0.1) is 0 Å². The molecular weight excluding hydrogens is 324 g/mol. The maximum Gasteiger partial charge on any atom is 0.317 e. The van der Waals surface area contributed by atoms with E-state index in [0.29, 0.717) is 21.5 Å². The lowest BCUT2D eigenvalue weighted by Gasteiger charge is -2.11. The number of hydrogen-bond donors (Lipinski definition) is 1. The Kier molecular flexibility index (Phi) is 5.09. The Morgan fingerprint density at radius 3 is 2.78 bits per heavy atom. The van der Waals surface area contributed by atoms with E-state index in [1.54, 1.807) is 13.8 Å². The molecule has 1 heterocycles. The van der Waals surface area contributed by atoms with Crippen LogP contribution in [0.15, 0.2) is 15.7 Å². The third-order valence-electron chi connectivity index (χ3n) is 2.30. The molecule has 98 valence electrons. The molecule has 1 aromatic rings. The normalized spacial score (nSPS) is 12.2. The number of aliphatic carboxylic acids is 1. The van der Waals surface area contributed by atoms with Crippen LogP contribution < -0.4 is 0 Å². The lowest BCUT2D eigenvalue weighted by Crippen LogP contribution is -2.15. The van der Waals surface area contributed by atoms with Crippen LogP contribution in [0.3, 0.4) is 0 Å². The number of carboxylic acid groups (broad SMARTS) is 1. The van der Waals surface area contributed by atoms with Gasteiger partial charge in [-0.3, -0.25) is 14.9 Å². The molecule has 0 aliphatic carbocycles. The fraction of sp³-hybridized carbons (Fsp3) is 0.400. The largest absolute Gasteiger partial charge is 0.480 e. The predicted molar refractivity (Wildman–Crippen MR) is 70.9 cm³/mol. The van der Waals surface area contributed by atoms with E-state index in [-0.39, 0.29) is 5.69 Å². The molecule has 0 saturated carbocycles. The first kappa shape index (κ1) is 14.9. The molecule has 0 spiro atoms. The number of rotatable bonds is 5. The summed E-state index contributed by atoms with van der Waals surface area (Å²) < 4.78 is 0.474. The summed E-state index contributed by atoms with van der Waals surface area (Å²) in [4.78, 5) is 25.1. The Bertz CT molecular complexity index is 495. The van der Waals surface area contributed by atoms with Crippen LogP contribution in [0.1, 0.15) is 18.9 Å². The van der Waals surface area contributed by atoms with Crippen LogP contribution in [0.5, 0.6) is 0 Å². The first-order chi connectivity index (χ1) is 8.38. The third-order valence-corrected chi connectivity index (χ3v) is 4.89. The van der Waals surface area contributed by atoms with Gasteiger partial charge in [0.25, 0.3) is 5.69 Å². The fourth-order valence-corrected chi connectivity index (χ4v) is 2.75. The zero-order valence-corrected chi connectivity index (χ0v) is 12.1. The van der Waals surface area contributed by atoms with Crippen molar-refractivity contribution >= 4 is 39.3 Å². The van der Waals surface area contributed by atoms with Gasteiger partial charge in [0.05, 0.1) is 9.40 Å². The number of thioether (sulfide) groups is 1. The number of carbonyl (C=O) groups is 1. The summed E-state index contributed by atoms with van der Waals surface area (Å²) in [6.07, 6.45) is 1.60. The van der Waals surface area contributed by atoms with Crippen molar-refractivity contribution in [2.45, 2.75) is 30.5 Å². The number of aromatic nitrogens is 1. The van der Waals surface area contributed by atoms with Crippen LogP contribution in [0.2, 0.25) is 0 Å². The average molecular weight is 335 g/mol. The van der Waals surface area contributed by atoms with Gasteiger partial charge in [-0.2, -0.15) is 0 Å². The van der Waals surface area contributed by atoms with Crippen molar-refractivity contribution < 1.29 is 14.8 Å². The van der Waals surface area contributed by atoms with Crippen molar-refractivity contribution in [1.29, 1.82) is 0 Å². The van der Waals surface area contributed by atoms with Crippen LogP contribution in [-0.4, -0.2) is 26.2 Å². The minimum atomic E-state index is -0.924. The first-order valence-corrected chi connectivity index (χ1v) is 6.74. The van der Waals surface area contributed by atoms with Gasteiger partial charge in [0.15, 0.2) is 0 Å². The van der Waals surface area contributed by atoms with Crippen molar-refractivity contribution in [3.05, 3.63) is 26.3 Å². The Morgan fingerprint density at radius 1 is 1.72 bits per heavy atom. The minimum absolute atomic E-state index is 0.0883. The molecule has 1 unspecified atom stereocenters. The zero-order valence-electron chi connectivity index (χ0n) is 9.71. The summed E-state index contributed by atoms with van der Waals surface area (Å²) in [5.41, 5.74) is 0.354. The van der Waals surface area contributed by atoms with Crippen molar-refractivity contribution in [1.82, 2.24) is 4.98 Å². The Morgan fingerprint density at radius 2 is 2.33 bits per heavy atom. The van der Waals surface area contributed by atoms with E-state index in [2.05, 4.69) is 20.9 Å². The van der Waals surface area contributed by atoms with Gasteiger partial charge in [0.2, 0.25) is 0 Å². The summed E-state index contributed by atoms with van der Waals surface area (Å²) in [5.74, 6) is -0.924. The van der Waals surface area contributed by atoms with Crippen LogP contribution in [0.25, 0.3) is 0 Å². The highest BCUT2D eigenvalue weighted by molar-refractivity contribution is 9.10. The minimum Gasteiger partial charge on any atom is -0.480 e. The fourth-order valence-electron chi connectivity index (χ4n) is 1.26. The second-order valence-corrected chi connectivity index (χ2v) is 5.48. The molecule has 8 heteroatoms. The van der Waals surface area contributed by atoms with E-state index in [1.165, 1.54) is 0 Å². The summed E-state index contributed by atoms with van der Waals surface area (Å²) >= 11 is 4.30. The molecule has 1 rings (SSSR count). The van der Waals surface area contributed by atoms with Gasteiger partial charge in [-0.1, -0.05) is 18.7 Å². The summed E-state index contributed by atoms with van der Waals surface area (Å²) in [6, 6.07) is 0. The zero-order chi connectivity index (χ0) is 13.9. The number of halogens is 1. The van der Waals surface area contributed by atoms with Gasteiger partial charge in [-0.25, -0.2) is 4.98 Å². The Hall–Kier alpha value is -1.15. The number of nitro groups is 1. The highest BCUT2D eigenvalue weighted by Crippen LogP contribution is 2.35. The van der Waals surface area contributed by atoms with E-state index in [0.717, 1.165) is 18.0 Å². The van der Waals surface area contributed by atoms with E-state index >= 15 is 0 Å². The van der Waals surface area contributed by atoms with Gasteiger partial charge in [0, 0.05) is 5.56 Å². The second-order valence-electron chi connectivity index (χ2n) is 3.50. The quantitative estimate of drug-likeness (QED) is 0.505. The molecule has 0 fully saturated rings. The molecule has 18 heavy (non-hydrogen) atoms. The van der Waals surface area contributed by atoms with E-state index in [1.807, 2.05) is 0 Å². The number of carboxylic acids is 1. The van der Waals surface area contributed by atoms with Gasteiger partial charge >= 0.3 is 5.97 Å². The maximum atomic E-state index is 10.9. The van der Waals surface area contributed by atoms with Crippen LogP contribution in [0.4, 0.5) is 5.69 Å². The molecule has 0 aliphatic heterocycles. The van der Waals surface area contributed by atoms with Crippen LogP contribution in [-0.2, 0) is 4.79 Å². The Balaban J connectivity index is 3.09. The van der Waals surface area contributed by atoms with Crippen LogP contribution >= 0.6 is 27.7 Å². The Labute approximate surface area is 116 Å². The molecule has 0 aliphatic rings. The molecule has 1 atom stereocenters. The SMILES string of the molecule is CCC(Sc1ncc([N+](=O)[O-])c(C)c1Br)C(=O)O. The third kappa shape index (κ3) is 3.20. The van der Waals surface area contributed by atoms with Crippen LogP contribution in [0, 0.1) is 17.0 Å². The second kappa shape index (κ2) is 6.14. The molecule has 0 amide bonds. The average Bonchev–Trinajstić information content (AvgIpc) is 2.30. The van der Waals surface area contributed by atoms with E-state index in [9.17, 15) is 14.9 Å². The van der Waals surface area contributed by atoms with E-state index in [4.69, 9.17) is 5.11 Å². The van der Waals surface area contributed by atoms with E-state index < -0.39 is 16.1 Å². The molecule has 1 aromatic heterocycles. The topological polar surface area (TPSA) is 93.3 Å². The van der Waals surface area contributed by atoms with Gasteiger partial charge < -0.3 is 5.11 Å². The number of pyridine rings is 1. The lowest BCUT2D eigenvalue weighted by atomic mass is 10.2. The molecule has 0 saturated heterocycles. The smallest absolute Gasteiger partial charge is 0.317 e. The highest BCUT2D eigenvalue weighted by Gasteiger charge is 2.22. The van der Waals surface area contributed by atoms with Gasteiger partial charge in [-0.05, 0) is 29.3 Å². The molecule has 6 nitrogen and oxygen atoms in total. The van der Waals surface area contributed by atoms with Crippen molar-refractivity contribution in [3.8, 4) is 0 Å². The molecular formula is C10H11BrN2O4S. The molecule has 0 radical (unpaired) electrons. The highest BCUT2D eigenvalue weighted by atomic mass is 79.9. The first-order valence-electron chi connectivity index (χ1n) is 5.07. The summed E-state index contributed by atoms with van der Waals surface area (Å²) in [6.45, 7) is 3.35. The summed E-state index contributed by atoms with van der Waals surface area (Å²) in [7, 11) is 0. The summed E-state index contributed by atoms with van der Waals surface area (Å²) in [5, 5.41) is 19.5. The number of hydrogen-bond acceptors (Lipinski definition) is 5. The van der Waals surface area contributed by atoms with Crippen molar-refractivity contribution in [2.75, 3.05) is 0 Å². The molecule has 0 bridgehead atoms. The molecule has 1 N–H and O–H groups in total. The lowest BCUT2D eigenvalue weighted by molar-refractivity contribution is -0.385. The maximum absolute atomic E-state index is 10.9. The van der Waals surface area contributed by atoms with Crippen molar-refractivity contribution in [3.63, 3.8) is 0 Å². The monoisotopic (exact) mass is 334 g/mol. The molecule has 0 aromatic carbocycles. The number of nitrogens with zero attached hydrogens (tertiary/aromatic N) is 2. The predicted octanol–water partition coefficient (Wildman–Crippen LogP) is 3.02. The van der Waals surface area contributed by atoms with Gasteiger partial charge in [0.1, 0.15) is 16.5 Å².